The number of aromatic amines is 1. The summed E-state index contributed by atoms with van der Waals surface area (Å²) < 4.78 is 11.0. The van der Waals surface area contributed by atoms with E-state index in [0.717, 1.165) is 11.3 Å². The van der Waals surface area contributed by atoms with E-state index in [9.17, 15) is 4.79 Å². The zero-order chi connectivity index (χ0) is 13.2. The molecule has 5 heteroatoms. The second-order valence-corrected chi connectivity index (χ2v) is 4.27. The summed E-state index contributed by atoms with van der Waals surface area (Å²) in [5, 5.41) is 0. The Morgan fingerprint density at radius 3 is 2.84 bits per heavy atom. The summed E-state index contributed by atoms with van der Waals surface area (Å²) in [5.41, 5.74) is 2.15. The van der Waals surface area contributed by atoms with Crippen LogP contribution in [0.1, 0.15) is 12.5 Å². The largest absolute Gasteiger partial charge is 0.486 e. The van der Waals surface area contributed by atoms with Crippen LogP contribution in [0, 0.1) is 0 Å². The Balaban J connectivity index is 2.12. The van der Waals surface area contributed by atoms with Crippen molar-refractivity contribution in [3.8, 4) is 22.8 Å². The highest BCUT2D eigenvalue weighted by molar-refractivity contribution is 5.66. The maximum absolute atomic E-state index is 11.8. The van der Waals surface area contributed by atoms with E-state index < -0.39 is 0 Å². The number of hydrogen-bond acceptors (Lipinski definition) is 4. The van der Waals surface area contributed by atoms with Crippen molar-refractivity contribution in [2.24, 2.45) is 0 Å². The van der Waals surface area contributed by atoms with Gasteiger partial charge in [-0.05, 0) is 24.6 Å². The molecule has 19 heavy (non-hydrogen) atoms. The maximum atomic E-state index is 11.8. The predicted molar refractivity (Wildman–Crippen MR) is 70.7 cm³/mol. The molecular weight excluding hydrogens is 244 g/mol. The van der Waals surface area contributed by atoms with Gasteiger partial charge in [-0.1, -0.05) is 6.92 Å². The van der Waals surface area contributed by atoms with E-state index in [-0.39, 0.29) is 5.56 Å². The molecule has 1 aromatic heterocycles. The first-order valence-electron chi connectivity index (χ1n) is 6.26. The van der Waals surface area contributed by atoms with E-state index in [4.69, 9.17) is 9.47 Å². The Kier molecular flexibility index (Phi) is 2.95. The molecule has 1 N–H and O–H groups in total. The molecule has 98 valence electrons. The minimum Gasteiger partial charge on any atom is -0.486 e. The molecule has 0 fully saturated rings. The summed E-state index contributed by atoms with van der Waals surface area (Å²) in [6, 6.07) is 5.62. The molecule has 5 nitrogen and oxygen atoms in total. The summed E-state index contributed by atoms with van der Waals surface area (Å²) in [5.74, 6) is 1.44. The minimum atomic E-state index is -0.0950. The van der Waals surface area contributed by atoms with Gasteiger partial charge < -0.3 is 14.5 Å². The van der Waals surface area contributed by atoms with Crippen LogP contribution < -0.4 is 15.0 Å². The molecular formula is C14H14N2O3. The number of nitrogens with zero attached hydrogens (tertiary/aromatic N) is 1. The standard InChI is InChI=1S/C14H14N2O3/c1-2-10-13(15-8-16-14(10)17)9-3-4-11-12(7-9)19-6-5-18-11/h3-4,7-8H,2,5-6H2,1H3,(H,15,16,17). The van der Waals surface area contributed by atoms with Crippen molar-refractivity contribution in [2.75, 3.05) is 13.2 Å². The second-order valence-electron chi connectivity index (χ2n) is 4.27. The van der Waals surface area contributed by atoms with Crippen LogP contribution in [-0.2, 0) is 6.42 Å². The van der Waals surface area contributed by atoms with Gasteiger partial charge in [0.1, 0.15) is 13.2 Å². The van der Waals surface area contributed by atoms with Crippen LogP contribution in [0.2, 0.25) is 0 Å². The molecule has 0 saturated heterocycles. The fourth-order valence-corrected chi connectivity index (χ4v) is 2.20. The van der Waals surface area contributed by atoms with Crippen molar-refractivity contribution in [3.63, 3.8) is 0 Å². The summed E-state index contributed by atoms with van der Waals surface area (Å²) in [7, 11) is 0. The van der Waals surface area contributed by atoms with Crippen LogP contribution >= 0.6 is 0 Å². The average molecular weight is 258 g/mol. The topological polar surface area (TPSA) is 64.2 Å². The predicted octanol–water partition coefficient (Wildman–Crippen LogP) is 1.77. The maximum Gasteiger partial charge on any atom is 0.254 e. The molecule has 1 aromatic carbocycles. The fraction of sp³-hybridized carbons (Fsp3) is 0.286. The number of nitrogens with one attached hydrogen (secondary N) is 1. The molecule has 2 aromatic rings. The van der Waals surface area contributed by atoms with Gasteiger partial charge >= 0.3 is 0 Å². The lowest BCUT2D eigenvalue weighted by Gasteiger charge is -2.19. The van der Waals surface area contributed by atoms with Crippen LogP contribution in [0.4, 0.5) is 0 Å². The van der Waals surface area contributed by atoms with Gasteiger partial charge in [-0.15, -0.1) is 0 Å². The average Bonchev–Trinajstić information content (AvgIpc) is 2.46. The Hall–Kier alpha value is -2.30. The lowest BCUT2D eigenvalue weighted by Crippen LogP contribution is -2.16. The van der Waals surface area contributed by atoms with E-state index in [1.54, 1.807) is 0 Å². The van der Waals surface area contributed by atoms with Gasteiger partial charge in [-0.3, -0.25) is 4.79 Å². The number of rotatable bonds is 2. The highest BCUT2D eigenvalue weighted by Gasteiger charge is 2.15. The van der Waals surface area contributed by atoms with E-state index in [2.05, 4.69) is 9.97 Å². The molecule has 0 amide bonds. The second kappa shape index (κ2) is 4.76. The van der Waals surface area contributed by atoms with Gasteiger partial charge in [-0.25, -0.2) is 4.98 Å². The zero-order valence-corrected chi connectivity index (χ0v) is 10.6. The number of benzene rings is 1. The molecule has 0 radical (unpaired) electrons. The van der Waals surface area contributed by atoms with Crippen molar-refractivity contribution < 1.29 is 9.47 Å². The monoisotopic (exact) mass is 258 g/mol. The highest BCUT2D eigenvalue weighted by Crippen LogP contribution is 2.34. The smallest absolute Gasteiger partial charge is 0.254 e. The van der Waals surface area contributed by atoms with E-state index in [1.807, 2.05) is 25.1 Å². The van der Waals surface area contributed by atoms with Gasteiger partial charge in [0.15, 0.2) is 11.5 Å². The Morgan fingerprint density at radius 2 is 2.05 bits per heavy atom. The molecule has 0 bridgehead atoms. The first-order valence-corrected chi connectivity index (χ1v) is 6.26. The number of H-pyrrole nitrogens is 1. The van der Waals surface area contributed by atoms with Crippen molar-refractivity contribution in [1.29, 1.82) is 0 Å². The number of hydrogen-bond donors (Lipinski definition) is 1. The number of aromatic nitrogens is 2. The Bertz CT molecular complexity index is 664. The first-order chi connectivity index (χ1) is 9.29. The van der Waals surface area contributed by atoms with Crippen LogP contribution in [0.25, 0.3) is 11.3 Å². The first kappa shape index (κ1) is 11.8. The summed E-state index contributed by atoms with van der Waals surface area (Å²) in [6.45, 7) is 3.05. The Morgan fingerprint density at radius 1 is 1.26 bits per heavy atom. The Labute approximate surface area is 110 Å². The molecule has 0 saturated carbocycles. The molecule has 0 atom stereocenters. The summed E-state index contributed by atoms with van der Waals surface area (Å²) in [6.07, 6.45) is 2.06. The molecule has 2 heterocycles. The molecule has 0 unspecified atom stereocenters. The molecule has 3 rings (SSSR count). The van der Waals surface area contributed by atoms with E-state index in [1.165, 1.54) is 6.33 Å². The molecule has 1 aliphatic rings. The van der Waals surface area contributed by atoms with Gasteiger partial charge in [0.05, 0.1) is 12.0 Å². The lowest BCUT2D eigenvalue weighted by atomic mass is 10.0. The lowest BCUT2D eigenvalue weighted by molar-refractivity contribution is 0.171. The summed E-state index contributed by atoms with van der Waals surface area (Å²) in [4.78, 5) is 18.7. The van der Waals surface area contributed by atoms with Crippen LogP contribution in [0.3, 0.4) is 0 Å². The van der Waals surface area contributed by atoms with Gasteiger partial charge in [0, 0.05) is 11.1 Å². The number of ether oxygens (including phenoxy) is 2. The van der Waals surface area contributed by atoms with Gasteiger partial charge in [0.2, 0.25) is 0 Å². The van der Waals surface area contributed by atoms with E-state index in [0.29, 0.717) is 36.6 Å². The molecule has 0 aliphatic carbocycles. The third-order valence-corrected chi connectivity index (χ3v) is 3.12. The van der Waals surface area contributed by atoms with Gasteiger partial charge in [0.25, 0.3) is 5.56 Å². The summed E-state index contributed by atoms with van der Waals surface area (Å²) >= 11 is 0. The normalized spacial score (nSPS) is 13.3. The van der Waals surface area contributed by atoms with Crippen LogP contribution in [0.15, 0.2) is 29.3 Å². The quantitative estimate of drug-likeness (QED) is 0.891. The third-order valence-electron chi connectivity index (χ3n) is 3.12. The van der Waals surface area contributed by atoms with Crippen LogP contribution in [0.5, 0.6) is 11.5 Å². The van der Waals surface area contributed by atoms with Crippen molar-refractivity contribution in [3.05, 3.63) is 40.4 Å². The van der Waals surface area contributed by atoms with E-state index >= 15 is 0 Å². The number of fused-ring (bicyclic) bond motifs is 1. The van der Waals surface area contributed by atoms with Crippen molar-refractivity contribution in [2.45, 2.75) is 13.3 Å². The van der Waals surface area contributed by atoms with Crippen molar-refractivity contribution >= 4 is 0 Å². The highest BCUT2D eigenvalue weighted by atomic mass is 16.6. The molecule has 1 aliphatic heterocycles. The van der Waals surface area contributed by atoms with Crippen molar-refractivity contribution in [1.82, 2.24) is 9.97 Å². The van der Waals surface area contributed by atoms with Crippen LogP contribution in [-0.4, -0.2) is 23.2 Å². The SMILES string of the molecule is CCc1c(-c2ccc3c(c2)OCCO3)nc[nH]c1=O. The minimum absolute atomic E-state index is 0.0950. The zero-order valence-electron chi connectivity index (χ0n) is 10.6. The third kappa shape index (κ3) is 2.07. The van der Waals surface area contributed by atoms with Gasteiger partial charge in [-0.2, -0.15) is 0 Å². The molecule has 0 spiro atoms. The fourth-order valence-electron chi connectivity index (χ4n) is 2.20.